The lowest BCUT2D eigenvalue weighted by atomic mass is 10.3. The number of hydrogen-bond donors (Lipinski definition) is 1. The summed E-state index contributed by atoms with van der Waals surface area (Å²) in [6.07, 6.45) is 1.04. The third-order valence-electron chi connectivity index (χ3n) is 1.48. The molecule has 0 aliphatic rings. The lowest BCUT2D eigenvalue weighted by Gasteiger charge is -2.07. The first kappa shape index (κ1) is 12.1. The predicted molar refractivity (Wildman–Crippen MR) is 65.5 cm³/mol. The summed E-state index contributed by atoms with van der Waals surface area (Å²) in [6.45, 7) is 2.07. The molecule has 14 heavy (non-hydrogen) atoms. The smallest absolute Gasteiger partial charge is 0.161 e. The molecular weight excluding hydrogens is 289 g/mol. The normalized spacial score (nSPS) is 10.3. The summed E-state index contributed by atoms with van der Waals surface area (Å²) in [7, 11) is 0. The Labute approximate surface area is 101 Å². The van der Waals surface area contributed by atoms with Crippen LogP contribution in [-0.2, 0) is 0 Å². The standard InChI is InChI=1S/C9H10BrClFNS/c1-2-3-14-13-8-5-6(11)4-7(10)9(8)12/h4-5,13H,2-3H2,1H3. The molecule has 5 heteroatoms. The molecule has 0 amide bonds. The Morgan fingerprint density at radius 2 is 2.29 bits per heavy atom. The summed E-state index contributed by atoms with van der Waals surface area (Å²) in [5.41, 5.74) is 0.419. The highest BCUT2D eigenvalue weighted by Gasteiger charge is 2.07. The summed E-state index contributed by atoms with van der Waals surface area (Å²) in [5.74, 6) is 0.627. The Hall–Kier alpha value is 0.0700. The Morgan fingerprint density at radius 1 is 1.57 bits per heavy atom. The van der Waals surface area contributed by atoms with Crippen LogP contribution in [0, 0.1) is 5.82 Å². The van der Waals surface area contributed by atoms with Gasteiger partial charge in [0.25, 0.3) is 0 Å². The van der Waals surface area contributed by atoms with Crippen molar-refractivity contribution in [3.63, 3.8) is 0 Å². The van der Waals surface area contributed by atoms with Gasteiger partial charge in [-0.3, -0.25) is 0 Å². The average molecular weight is 299 g/mol. The van der Waals surface area contributed by atoms with E-state index in [1.165, 1.54) is 18.0 Å². The summed E-state index contributed by atoms with van der Waals surface area (Å²) < 4.78 is 16.7. The molecule has 0 bridgehead atoms. The molecule has 0 unspecified atom stereocenters. The summed E-state index contributed by atoms with van der Waals surface area (Å²) in [6, 6.07) is 3.11. The maximum Gasteiger partial charge on any atom is 0.161 e. The van der Waals surface area contributed by atoms with Crippen LogP contribution in [0.5, 0.6) is 0 Å². The van der Waals surface area contributed by atoms with Crippen molar-refractivity contribution < 1.29 is 4.39 Å². The van der Waals surface area contributed by atoms with E-state index in [2.05, 4.69) is 27.6 Å². The molecule has 0 saturated carbocycles. The van der Waals surface area contributed by atoms with Crippen molar-refractivity contribution in [2.45, 2.75) is 13.3 Å². The van der Waals surface area contributed by atoms with Crippen LogP contribution in [0.3, 0.4) is 0 Å². The molecule has 0 fully saturated rings. The summed E-state index contributed by atoms with van der Waals surface area (Å²) in [4.78, 5) is 0. The van der Waals surface area contributed by atoms with Crippen molar-refractivity contribution in [1.82, 2.24) is 0 Å². The molecule has 1 N–H and O–H groups in total. The molecule has 1 nitrogen and oxygen atoms in total. The molecule has 1 aromatic carbocycles. The van der Waals surface area contributed by atoms with Gasteiger partial charge in [-0.1, -0.05) is 30.5 Å². The molecule has 78 valence electrons. The first-order valence-corrected chi connectivity index (χ1v) is 6.33. The molecule has 1 aromatic rings. The van der Waals surface area contributed by atoms with Crippen LogP contribution in [-0.4, -0.2) is 5.75 Å². The van der Waals surface area contributed by atoms with E-state index in [4.69, 9.17) is 11.6 Å². The molecule has 1 rings (SSSR count). The maximum atomic E-state index is 13.4. The largest absolute Gasteiger partial charge is 0.327 e. The lowest BCUT2D eigenvalue weighted by Crippen LogP contribution is -1.93. The molecular formula is C9H10BrClFNS. The van der Waals surface area contributed by atoms with Gasteiger partial charge >= 0.3 is 0 Å². The van der Waals surface area contributed by atoms with E-state index in [1.807, 2.05) is 0 Å². The van der Waals surface area contributed by atoms with Gasteiger partial charge in [0.15, 0.2) is 5.82 Å². The van der Waals surface area contributed by atoms with Crippen LogP contribution >= 0.6 is 39.5 Å². The second-order valence-corrected chi connectivity index (χ2v) is 4.89. The number of hydrogen-bond acceptors (Lipinski definition) is 2. The van der Waals surface area contributed by atoms with Crippen LogP contribution in [0.2, 0.25) is 5.02 Å². The minimum absolute atomic E-state index is 0.307. The third-order valence-corrected chi connectivity index (χ3v) is 3.25. The van der Waals surface area contributed by atoms with Crippen LogP contribution < -0.4 is 4.72 Å². The second kappa shape index (κ2) is 5.83. The van der Waals surface area contributed by atoms with Crippen molar-refractivity contribution in [2.75, 3.05) is 10.5 Å². The Balaban J connectivity index is 2.75. The molecule has 0 spiro atoms. The zero-order valence-electron chi connectivity index (χ0n) is 7.61. The van der Waals surface area contributed by atoms with Crippen molar-refractivity contribution >= 4 is 45.2 Å². The minimum Gasteiger partial charge on any atom is -0.327 e. The first-order valence-electron chi connectivity index (χ1n) is 4.17. The highest BCUT2D eigenvalue weighted by atomic mass is 79.9. The molecule has 0 aliphatic carbocycles. The van der Waals surface area contributed by atoms with Gasteiger partial charge in [0, 0.05) is 10.8 Å². The van der Waals surface area contributed by atoms with Gasteiger partial charge in [0.05, 0.1) is 10.2 Å². The van der Waals surface area contributed by atoms with E-state index in [9.17, 15) is 4.39 Å². The van der Waals surface area contributed by atoms with Gasteiger partial charge in [-0.2, -0.15) is 0 Å². The molecule has 0 saturated heterocycles. The van der Waals surface area contributed by atoms with Gasteiger partial charge in [-0.15, -0.1) is 0 Å². The van der Waals surface area contributed by atoms with E-state index >= 15 is 0 Å². The molecule has 0 aromatic heterocycles. The molecule has 0 heterocycles. The SMILES string of the molecule is CCCSNc1cc(Cl)cc(Br)c1F. The zero-order valence-corrected chi connectivity index (χ0v) is 10.8. The van der Waals surface area contributed by atoms with E-state index in [1.54, 1.807) is 6.07 Å². The van der Waals surface area contributed by atoms with Gasteiger partial charge in [0.2, 0.25) is 0 Å². The van der Waals surface area contributed by atoms with E-state index < -0.39 is 0 Å². The number of halogens is 3. The second-order valence-electron chi connectivity index (χ2n) is 2.70. The van der Waals surface area contributed by atoms with Crippen LogP contribution in [0.25, 0.3) is 0 Å². The van der Waals surface area contributed by atoms with Crippen LogP contribution in [0.1, 0.15) is 13.3 Å². The van der Waals surface area contributed by atoms with Crippen molar-refractivity contribution in [3.8, 4) is 0 Å². The summed E-state index contributed by atoms with van der Waals surface area (Å²) in [5, 5.41) is 0.512. The molecule has 0 atom stereocenters. The van der Waals surface area contributed by atoms with Gasteiger partial charge in [0.1, 0.15) is 0 Å². The number of rotatable bonds is 4. The van der Waals surface area contributed by atoms with Crippen molar-refractivity contribution in [1.29, 1.82) is 0 Å². The Morgan fingerprint density at radius 3 is 2.93 bits per heavy atom. The Kier molecular flexibility index (Phi) is 5.06. The quantitative estimate of drug-likeness (QED) is 0.491. The van der Waals surface area contributed by atoms with Gasteiger partial charge in [-0.05, 0) is 34.5 Å². The van der Waals surface area contributed by atoms with Gasteiger partial charge in [-0.25, -0.2) is 4.39 Å². The fraction of sp³-hybridized carbons (Fsp3) is 0.333. The van der Waals surface area contributed by atoms with Crippen LogP contribution in [0.4, 0.5) is 10.1 Å². The average Bonchev–Trinajstić information content (AvgIpc) is 2.13. The Bertz CT molecular complexity index is 322. The van der Waals surface area contributed by atoms with E-state index in [0.29, 0.717) is 15.2 Å². The predicted octanol–water partition coefficient (Wildman–Crippen LogP) is 4.71. The lowest BCUT2D eigenvalue weighted by molar-refractivity contribution is 0.626. The number of nitrogens with one attached hydrogen (secondary N) is 1. The van der Waals surface area contributed by atoms with Crippen molar-refractivity contribution in [2.24, 2.45) is 0 Å². The highest BCUT2D eigenvalue weighted by Crippen LogP contribution is 2.29. The van der Waals surface area contributed by atoms with Crippen molar-refractivity contribution in [3.05, 3.63) is 27.4 Å². The fourth-order valence-electron chi connectivity index (χ4n) is 0.861. The van der Waals surface area contributed by atoms with E-state index in [0.717, 1.165) is 12.2 Å². The monoisotopic (exact) mass is 297 g/mol. The fourth-order valence-corrected chi connectivity index (χ4v) is 2.28. The third kappa shape index (κ3) is 3.33. The maximum absolute atomic E-state index is 13.4. The summed E-state index contributed by atoms with van der Waals surface area (Å²) >= 11 is 10.4. The first-order chi connectivity index (χ1) is 6.65. The van der Waals surface area contributed by atoms with E-state index in [-0.39, 0.29) is 5.82 Å². The highest BCUT2D eigenvalue weighted by molar-refractivity contribution is 9.10. The minimum atomic E-state index is -0.307. The van der Waals surface area contributed by atoms with Gasteiger partial charge < -0.3 is 4.72 Å². The number of benzene rings is 1. The van der Waals surface area contributed by atoms with Crippen LogP contribution in [0.15, 0.2) is 16.6 Å². The molecule has 0 aliphatic heterocycles. The zero-order chi connectivity index (χ0) is 10.6. The molecule has 0 radical (unpaired) electrons. The topological polar surface area (TPSA) is 12.0 Å². The number of anilines is 1.